The van der Waals surface area contributed by atoms with Gasteiger partial charge in [-0.1, -0.05) is 63.1 Å². The number of amides is 2. The van der Waals surface area contributed by atoms with Crippen LogP contribution >= 0.6 is 0 Å². The van der Waals surface area contributed by atoms with Gasteiger partial charge in [0.15, 0.2) is 41.6 Å². The van der Waals surface area contributed by atoms with Crippen molar-refractivity contribution >= 4 is 23.7 Å². The molecule has 6 rings (SSSR count). The Morgan fingerprint density at radius 1 is 0.800 bits per heavy atom. The highest BCUT2D eigenvalue weighted by Gasteiger charge is 2.53. The van der Waals surface area contributed by atoms with Gasteiger partial charge in [0.25, 0.3) is 11.8 Å². The van der Waals surface area contributed by atoms with Crippen molar-refractivity contribution in [3.63, 3.8) is 0 Å². The van der Waals surface area contributed by atoms with Crippen LogP contribution in [-0.2, 0) is 27.2 Å². The highest BCUT2D eigenvalue weighted by Crippen LogP contribution is 2.42. The second-order valence-electron chi connectivity index (χ2n) is 13.2. The summed E-state index contributed by atoms with van der Waals surface area (Å²) in [6, 6.07) is 18.4. The smallest absolute Gasteiger partial charge is 0.262 e. The zero-order valence-electron chi connectivity index (χ0n) is 29.0. The molecule has 11 heteroatoms. The highest BCUT2D eigenvalue weighted by molar-refractivity contribution is 6.08. The van der Waals surface area contributed by atoms with Crippen LogP contribution in [0.4, 0.5) is 4.39 Å². The Balaban J connectivity index is 1.39. The normalized spacial score (nSPS) is 20.9. The van der Waals surface area contributed by atoms with Crippen LogP contribution < -0.4 is 16.0 Å². The van der Waals surface area contributed by atoms with Crippen LogP contribution in [-0.4, -0.2) is 52.6 Å². The molecule has 0 bridgehead atoms. The molecule has 0 saturated heterocycles. The number of rotatable bonds is 8. The number of likely N-dealkylation sites (N-methyl/N-ethyl adjacent to an activating group) is 2. The van der Waals surface area contributed by atoms with E-state index in [0.29, 0.717) is 22.3 Å². The number of aliphatic imine (C=N–C) groups is 2. The van der Waals surface area contributed by atoms with Crippen molar-refractivity contribution in [2.24, 2.45) is 33.3 Å². The van der Waals surface area contributed by atoms with E-state index in [4.69, 9.17) is 16.5 Å². The Labute approximate surface area is 291 Å². The Bertz CT molecular complexity index is 2150. The third-order valence-electron chi connectivity index (χ3n) is 9.73. The van der Waals surface area contributed by atoms with Crippen LogP contribution in [0.3, 0.4) is 0 Å². The first-order valence-corrected chi connectivity index (χ1v) is 16.4. The molecule has 3 atom stereocenters. The van der Waals surface area contributed by atoms with Gasteiger partial charge in [0, 0.05) is 43.2 Å². The molecule has 2 aliphatic rings. The first-order chi connectivity index (χ1) is 23.8. The molecule has 50 heavy (non-hydrogen) atoms. The van der Waals surface area contributed by atoms with E-state index in [-0.39, 0.29) is 36.2 Å². The third-order valence-corrected chi connectivity index (χ3v) is 9.73. The Morgan fingerprint density at radius 3 is 1.94 bits per heavy atom. The average Bonchev–Trinajstić information content (AvgIpc) is 3.48. The van der Waals surface area contributed by atoms with E-state index in [1.807, 2.05) is 81.6 Å². The molecule has 2 aromatic heterocycles. The minimum absolute atomic E-state index is 0.102. The van der Waals surface area contributed by atoms with E-state index in [1.165, 1.54) is 22.1 Å². The van der Waals surface area contributed by atoms with Crippen LogP contribution in [0.2, 0.25) is 0 Å². The number of pyridine rings is 2. The lowest BCUT2D eigenvalue weighted by molar-refractivity contribution is -0.704. The summed E-state index contributed by atoms with van der Waals surface area (Å²) in [5, 5.41) is 0. The average molecular weight is 672 g/mol. The van der Waals surface area contributed by atoms with Crippen molar-refractivity contribution in [1.82, 2.24) is 14.8 Å². The maximum Gasteiger partial charge on any atom is 0.262 e. The molecule has 10 nitrogen and oxygen atoms in total. The number of carbonyl (C=O) groups is 2. The lowest BCUT2D eigenvalue weighted by Crippen LogP contribution is -2.49. The van der Waals surface area contributed by atoms with Gasteiger partial charge in [-0.2, -0.15) is 0 Å². The van der Waals surface area contributed by atoms with Gasteiger partial charge in [0.1, 0.15) is 0 Å². The lowest BCUT2D eigenvalue weighted by Gasteiger charge is -2.30. The van der Waals surface area contributed by atoms with E-state index >= 15 is 4.39 Å². The van der Waals surface area contributed by atoms with Crippen molar-refractivity contribution in [3.05, 3.63) is 108 Å². The fraction of sp³-hybridized carbons (Fsp3) is 0.282. The zero-order chi connectivity index (χ0) is 36.0. The molecule has 0 saturated carbocycles. The molecule has 2 aromatic carbocycles. The number of hydrogen-bond donors (Lipinski definition) is 2. The molecule has 4 heterocycles. The summed E-state index contributed by atoms with van der Waals surface area (Å²) in [5.41, 5.74) is 14.9. The van der Waals surface area contributed by atoms with Crippen LogP contribution in [0, 0.1) is 29.5 Å². The van der Waals surface area contributed by atoms with Crippen molar-refractivity contribution in [3.8, 4) is 34.1 Å². The van der Waals surface area contributed by atoms with E-state index in [0.717, 1.165) is 16.7 Å². The molecule has 254 valence electrons. The first-order valence-electron chi connectivity index (χ1n) is 16.4. The number of halogens is 1. The summed E-state index contributed by atoms with van der Waals surface area (Å²) in [7, 11) is 3.21. The highest BCUT2D eigenvalue weighted by atomic mass is 19.1. The molecule has 0 radical (unpaired) electrons. The van der Waals surface area contributed by atoms with E-state index in [1.54, 1.807) is 38.0 Å². The fourth-order valence-electron chi connectivity index (χ4n) is 7.01. The lowest BCUT2D eigenvalue weighted by atomic mass is 9.78. The third kappa shape index (κ3) is 5.56. The summed E-state index contributed by atoms with van der Waals surface area (Å²) in [4.78, 5) is 44.0. The quantitative estimate of drug-likeness (QED) is 0.214. The van der Waals surface area contributed by atoms with Crippen molar-refractivity contribution in [2.75, 3.05) is 14.1 Å². The number of benzene rings is 2. The monoisotopic (exact) mass is 671 g/mol. The summed E-state index contributed by atoms with van der Waals surface area (Å²) < 4.78 is 17.1. The second-order valence-corrected chi connectivity index (χ2v) is 13.2. The van der Waals surface area contributed by atoms with E-state index in [2.05, 4.69) is 21.8 Å². The second kappa shape index (κ2) is 12.9. The van der Waals surface area contributed by atoms with Crippen molar-refractivity contribution in [2.45, 2.75) is 45.3 Å². The maximum absolute atomic E-state index is 15.4. The molecule has 4 N–H and O–H groups in total. The number of nitrogens with two attached hydrogens (primary N) is 2. The molecule has 2 aliphatic heterocycles. The predicted molar refractivity (Wildman–Crippen MR) is 190 cm³/mol. The van der Waals surface area contributed by atoms with Crippen LogP contribution in [0.1, 0.15) is 44.4 Å². The van der Waals surface area contributed by atoms with Crippen LogP contribution in [0.15, 0.2) is 95.4 Å². The Kier molecular flexibility index (Phi) is 8.74. The van der Waals surface area contributed by atoms with E-state index in [9.17, 15) is 9.59 Å². The maximum atomic E-state index is 15.4. The van der Waals surface area contributed by atoms with Gasteiger partial charge in [-0.3, -0.25) is 24.4 Å². The Morgan fingerprint density at radius 2 is 1.38 bits per heavy atom. The number of carbonyl (C=O) groups excluding carboxylic acids is 2. The van der Waals surface area contributed by atoms with Gasteiger partial charge in [0.2, 0.25) is 6.20 Å². The number of aromatic nitrogens is 2. The number of hydrogen-bond acceptors (Lipinski definition) is 7. The SMILES string of the molecule is CC#Cc1cncc(-c2cccc(C3(C(C)C[n+]4cc(F)cc(-c5cccc(C6(C(C)C)N=C(N)N(C)C6=O)c5)c4)N=C(N)N(C)C3=O)c2)c1. The van der Waals surface area contributed by atoms with Crippen molar-refractivity contribution in [1.29, 1.82) is 0 Å². The number of nitrogens with zero attached hydrogens (tertiary/aromatic N) is 6. The zero-order valence-corrected chi connectivity index (χ0v) is 29.0. The van der Waals surface area contributed by atoms with Gasteiger partial charge in [-0.25, -0.2) is 18.9 Å². The molecule has 0 spiro atoms. The minimum Gasteiger partial charge on any atom is -0.369 e. The fourth-order valence-corrected chi connectivity index (χ4v) is 7.01. The van der Waals surface area contributed by atoms with Gasteiger partial charge >= 0.3 is 0 Å². The van der Waals surface area contributed by atoms with Gasteiger partial charge in [-0.15, -0.1) is 5.92 Å². The topological polar surface area (TPSA) is 134 Å². The molecular weight excluding hydrogens is 631 g/mol. The molecule has 4 aromatic rings. The first kappa shape index (κ1) is 34.0. The Hall–Kier alpha value is -5.89. The summed E-state index contributed by atoms with van der Waals surface area (Å²) >= 11 is 0. The minimum atomic E-state index is -1.38. The molecule has 3 unspecified atom stereocenters. The van der Waals surface area contributed by atoms with Gasteiger partial charge < -0.3 is 11.5 Å². The van der Waals surface area contributed by atoms with Crippen LogP contribution in [0.25, 0.3) is 22.3 Å². The van der Waals surface area contributed by atoms with Gasteiger partial charge in [0.05, 0.1) is 5.92 Å². The largest absolute Gasteiger partial charge is 0.369 e. The summed E-state index contributed by atoms with van der Waals surface area (Å²) in [5.74, 6) is 4.56. The molecule has 0 fully saturated rings. The molecule has 2 amide bonds. The van der Waals surface area contributed by atoms with Crippen LogP contribution in [0.5, 0.6) is 0 Å². The number of guanidine groups is 2. The standard InChI is InChI=1S/C39H40FN8O2/c1-7-10-26-15-29(20-43-19-26)27-11-8-14-32(16-27)39(35(50)47(6)37(42)45-39)25(4)21-48-22-30(18-33(40)23-48)28-12-9-13-31(17-28)38(24(2)3)34(49)46(5)36(41)44-38/h8-9,11-20,22-25H,21H2,1-6H3,(H2,41,44)(H2,42,45)/q+1. The summed E-state index contributed by atoms with van der Waals surface area (Å²) in [6.45, 7) is 7.76. The van der Waals surface area contributed by atoms with Crippen molar-refractivity contribution < 1.29 is 18.5 Å². The van der Waals surface area contributed by atoms with Gasteiger partial charge in [-0.05, 0) is 59.4 Å². The predicted octanol–water partition coefficient (Wildman–Crippen LogP) is 4.17. The summed E-state index contributed by atoms with van der Waals surface area (Å²) in [6.07, 6.45) is 6.67. The van der Waals surface area contributed by atoms with E-state index < -0.39 is 22.8 Å². The molecule has 0 aliphatic carbocycles. The molecular formula is C39H40FN8O2+.